The molecule has 0 radical (unpaired) electrons. The Balaban J connectivity index is 1.49. The highest BCUT2D eigenvalue weighted by Crippen LogP contribution is 2.30. The maximum atomic E-state index is 11.9. The van der Waals surface area contributed by atoms with E-state index in [-0.39, 0.29) is 12.1 Å². The lowest BCUT2D eigenvalue weighted by molar-refractivity contribution is 0.0922. The molecule has 0 bridgehead atoms. The number of nitrogens with one attached hydrogen (secondary N) is 2. The summed E-state index contributed by atoms with van der Waals surface area (Å²) in [5.41, 5.74) is 0.729. The Morgan fingerprint density at radius 1 is 1.14 bits per heavy atom. The van der Waals surface area contributed by atoms with E-state index in [0.717, 1.165) is 15.9 Å². The zero-order valence-corrected chi connectivity index (χ0v) is 13.3. The van der Waals surface area contributed by atoms with Gasteiger partial charge in [-0.25, -0.2) is 4.79 Å². The van der Waals surface area contributed by atoms with E-state index in [1.807, 2.05) is 48.5 Å². The van der Waals surface area contributed by atoms with Gasteiger partial charge in [-0.1, -0.05) is 28.1 Å². The van der Waals surface area contributed by atoms with Gasteiger partial charge in [0, 0.05) is 10.2 Å². The van der Waals surface area contributed by atoms with Gasteiger partial charge in [0.25, 0.3) is 0 Å². The van der Waals surface area contributed by atoms with Crippen LogP contribution in [0.1, 0.15) is 0 Å². The SMILES string of the molecule is O=C(NCC1COc2ccccc2O1)Nc1ccc(Br)cc1. The summed E-state index contributed by atoms with van der Waals surface area (Å²) in [4.78, 5) is 11.9. The molecular weight excluding hydrogens is 348 g/mol. The van der Waals surface area contributed by atoms with Gasteiger partial charge in [0.1, 0.15) is 6.61 Å². The van der Waals surface area contributed by atoms with E-state index in [4.69, 9.17) is 9.47 Å². The lowest BCUT2D eigenvalue weighted by Gasteiger charge is -2.26. The molecule has 2 amide bonds. The minimum absolute atomic E-state index is 0.203. The summed E-state index contributed by atoms with van der Waals surface area (Å²) in [6, 6.07) is 14.6. The van der Waals surface area contributed by atoms with Gasteiger partial charge in [-0.15, -0.1) is 0 Å². The first-order chi connectivity index (χ1) is 10.7. The highest BCUT2D eigenvalue weighted by Gasteiger charge is 2.20. The Bertz CT molecular complexity index is 661. The van der Waals surface area contributed by atoms with Crippen LogP contribution in [-0.2, 0) is 0 Å². The maximum absolute atomic E-state index is 11.9. The zero-order chi connectivity index (χ0) is 15.4. The normalized spacial score (nSPS) is 16.0. The van der Waals surface area contributed by atoms with E-state index >= 15 is 0 Å². The molecule has 0 aromatic heterocycles. The number of fused-ring (bicyclic) bond motifs is 1. The lowest BCUT2D eigenvalue weighted by Crippen LogP contribution is -2.42. The first kappa shape index (κ1) is 14.7. The molecule has 5 nitrogen and oxygen atoms in total. The fourth-order valence-corrected chi connectivity index (χ4v) is 2.34. The molecule has 114 valence electrons. The molecular formula is C16H15BrN2O3. The summed E-state index contributed by atoms with van der Waals surface area (Å²) in [5, 5.41) is 5.54. The van der Waals surface area contributed by atoms with Crippen LogP contribution in [-0.4, -0.2) is 25.3 Å². The third-order valence-electron chi connectivity index (χ3n) is 3.16. The molecule has 0 saturated carbocycles. The fraction of sp³-hybridized carbons (Fsp3) is 0.188. The fourth-order valence-electron chi connectivity index (χ4n) is 2.08. The molecule has 1 aliphatic rings. The van der Waals surface area contributed by atoms with Crippen molar-refractivity contribution in [2.24, 2.45) is 0 Å². The summed E-state index contributed by atoms with van der Waals surface area (Å²) in [6.45, 7) is 0.784. The van der Waals surface area contributed by atoms with Crippen molar-refractivity contribution in [3.63, 3.8) is 0 Å². The lowest BCUT2D eigenvalue weighted by atomic mass is 10.2. The van der Waals surface area contributed by atoms with Crippen LogP contribution in [0.15, 0.2) is 53.0 Å². The Hall–Kier alpha value is -2.21. The molecule has 1 atom stereocenters. The Morgan fingerprint density at radius 3 is 2.64 bits per heavy atom. The van der Waals surface area contributed by atoms with E-state index in [0.29, 0.717) is 18.9 Å². The molecule has 0 fully saturated rings. The van der Waals surface area contributed by atoms with Gasteiger partial charge >= 0.3 is 6.03 Å². The van der Waals surface area contributed by atoms with Crippen LogP contribution in [0.2, 0.25) is 0 Å². The van der Waals surface area contributed by atoms with Crippen molar-refractivity contribution in [3.8, 4) is 11.5 Å². The first-order valence-electron chi connectivity index (χ1n) is 6.89. The second kappa shape index (κ2) is 6.70. The predicted molar refractivity (Wildman–Crippen MR) is 87.5 cm³/mol. The monoisotopic (exact) mass is 362 g/mol. The number of carbonyl (C=O) groups is 1. The summed E-state index contributed by atoms with van der Waals surface area (Å²) in [5.74, 6) is 1.44. The molecule has 2 N–H and O–H groups in total. The van der Waals surface area contributed by atoms with Gasteiger partial charge in [-0.05, 0) is 36.4 Å². The molecule has 1 heterocycles. The zero-order valence-electron chi connectivity index (χ0n) is 11.7. The van der Waals surface area contributed by atoms with Gasteiger partial charge in [0.15, 0.2) is 17.6 Å². The van der Waals surface area contributed by atoms with E-state index in [1.54, 1.807) is 0 Å². The van der Waals surface area contributed by atoms with Crippen LogP contribution in [0, 0.1) is 0 Å². The Labute approximate surface area is 136 Å². The number of carbonyl (C=O) groups excluding carboxylic acids is 1. The van der Waals surface area contributed by atoms with Crippen molar-refractivity contribution in [3.05, 3.63) is 53.0 Å². The van der Waals surface area contributed by atoms with E-state index in [9.17, 15) is 4.79 Å². The van der Waals surface area contributed by atoms with Crippen molar-refractivity contribution in [2.45, 2.75) is 6.10 Å². The smallest absolute Gasteiger partial charge is 0.319 e. The summed E-state index contributed by atoms with van der Waals surface area (Å²) >= 11 is 3.35. The number of benzene rings is 2. The van der Waals surface area contributed by atoms with Crippen molar-refractivity contribution in [1.29, 1.82) is 0 Å². The van der Waals surface area contributed by atoms with Crippen LogP contribution >= 0.6 is 15.9 Å². The molecule has 2 aromatic carbocycles. The molecule has 0 aliphatic carbocycles. The number of rotatable bonds is 3. The molecule has 1 unspecified atom stereocenters. The third kappa shape index (κ3) is 3.71. The van der Waals surface area contributed by atoms with E-state index in [1.165, 1.54) is 0 Å². The minimum atomic E-state index is -0.273. The molecule has 0 saturated heterocycles. The molecule has 3 rings (SSSR count). The molecule has 1 aliphatic heterocycles. The van der Waals surface area contributed by atoms with E-state index < -0.39 is 0 Å². The van der Waals surface area contributed by atoms with E-state index in [2.05, 4.69) is 26.6 Å². The van der Waals surface area contributed by atoms with Gasteiger partial charge in [0.2, 0.25) is 0 Å². The van der Waals surface area contributed by atoms with Crippen LogP contribution < -0.4 is 20.1 Å². The van der Waals surface area contributed by atoms with Crippen LogP contribution in [0.5, 0.6) is 11.5 Å². The van der Waals surface area contributed by atoms with Crippen molar-refractivity contribution in [2.75, 3.05) is 18.5 Å². The van der Waals surface area contributed by atoms with Gasteiger partial charge in [-0.2, -0.15) is 0 Å². The van der Waals surface area contributed by atoms with Crippen molar-refractivity contribution < 1.29 is 14.3 Å². The van der Waals surface area contributed by atoms with Gasteiger partial charge < -0.3 is 20.1 Å². The standard InChI is InChI=1S/C16H15BrN2O3/c17-11-5-7-12(8-6-11)19-16(20)18-9-13-10-21-14-3-1-2-4-15(14)22-13/h1-8,13H,9-10H2,(H2,18,19,20). The minimum Gasteiger partial charge on any atom is -0.486 e. The molecule has 0 spiro atoms. The van der Waals surface area contributed by atoms with Crippen molar-refractivity contribution >= 4 is 27.6 Å². The molecule has 22 heavy (non-hydrogen) atoms. The topological polar surface area (TPSA) is 59.6 Å². The largest absolute Gasteiger partial charge is 0.486 e. The van der Waals surface area contributed by atoms with Crippen LogP contribution in [0.3, 0.4) is 0 Å². The number of hydrogen-bond donors (Lipinski definition) is 2. The summed E-state index contributed by atoms with van der Waals surface area (Å²) < 4.78 is 12.3. The molecule has 6 heteroatoms. The maximum Gasteiger partial charge on any atom is 0.319 e. The van der Waals surface area contributed by atoms with Crippen LogP contribution in [0.25, 0.3) is 0 Å². The second-order valence-corrected chi connectivity index (χ2v) is 5.76. The second-order valence-electron chi connectivity index (χ2n) is 4.84. The molecule has 2 aromatic rings. The highest BCUT2D eigenvalue weighted by molar-refractivity contribution is 9.10. The third-order valence-corrected chi connectivity index (χ3v) is 3.69. The number of para-hydroxylation sites is 2. The summed E-state index contributed by atoms with van der Waals surface area (Å²) in [6.07, 6.45) is -0.203. The average molecular weight is 363 g/mol. The number of hydrogen-bond acceptors (Lipinski definition) is 3. The average Bonchev–Trinajstić information content (AvgIpc) is 2.55. The first-order valence-corrected chi connectivity index (χ1v) is 7.69. The Kier molecular flexibility index (Phi) is 4.48. The Morgan fingerprint density at radius 2 is 1.86 bits per heavy atom. The highest BCUT2D eigenvalue weighted by atomic mass is 79.9. The number of amides is 2. The number of ether oxygens (including phenoxy) is 2. The number of halogens is 1. The quantitative estimate of drug-likeness (QED) is 0.879. The van der Waals surface area contributed by atoms with Crippen LogP contribution in [0.4, 0.5) is 10.5 Å². The van der Waals surface area contributed by atoms with Gasteiger partial charge in [-0.3, -0.25) is 0 Å². The summed E-state index contributed by atoms with van der Waals surface area (Å²) in [7, 11) is 0. The predicted octanol–water partition coefficient (Wildman–Crippen LogP) is 3.41. The number of urea groups is 1. The van der Waals surface area contributed by atoms with Crippen molar-refractivity contribution in [1.82, 2.24) is 5.32 Å². The number of anilines is 1. The van der Waals surface area contributed by atoms with Gasteiger partial charge in [0.05, 0.1) is 6.54 Å².